The molecule has 5 nitrogen and oxygen atoms in total. The van der Waals surface area contributed by atoms with Gasteiger partial charge >= 0.3 is 6.03 Å². The van der Waals surface area contributed by atoms with Crippen molar-refractivity contribution < 1.29 is 13.6 Å². The fourth-order valence-corrected chi connectivity index (χ4v) is 3.60. The Kier molecular flexibility index (Phi) is 4.24. The number of hydrogen-bond donors (Lipinski definition) is 1. The quantitative estimate of drug-likeness (QED) is 0.852. The van der Waals surface area contributed by atoms with E-state index in [9.17, 15) is 13.6 Å². The van der Waals surface area contributed by atoms with E-state index in [1.165, 1.54) is 24.3 Å². The molecule has 136 valence electrons. The van der Waals surface area contributed by atoms with E-state index in [0.29, 0.717) is 37.6 Å². The van der Waals surface area contributed by atoms with Gasteiger partial charge < -0.3 is 15.5 Å². The minimum absolute atomic E-state index is 0.00661. The molecule has 0 aliphatic carbocycles. The third kappa shape index (κ3) is 2.99. The number of rotatable bonds is 1. The number of nitrogens with two attached hydrogens (primary N) is 1. The second kappa shape index (κ2) is 6.57. The molecule has 2 aromatic rings. The van der Waals surface area contributed by atoms with E-state index < -0.39 is 0 Å². The second-order valence-corrected chi connectivity index (χ2v) is 6.69. The van der Waals surface area contributed by atoms with Crippen molar-refractivity contribution in [3.8, 4) is 0 Å². The van der Waals surface area contributed by atoms with E-state index in [-0.39, 0.29) is 23.7 Å². The number of urea groups is 1. The minimum atomic E-state index is -0.381. The molecule has 2 heterocycles. The molecule has 7 heteroatoms. The lowest BCUT2D eigenvalue weighted by Crippen LogP contribution is -2.48. The van der Waals surface area contributed by atoms with Crippen LogP contribution in [0.4, 0.5) is 30.6 Å². The fourth-order valence-electron chi connectivity index (χ4n) is 3.60. The van der Waals surface area contributed by atoms with E-state index in [0.717, 1.165) is 12.1 Å². The van der Waals surface area contributed by atoms with Gasteiger partial charge in [-0.1, -0.05) is 0 Å². The molecular formula is C19H20F2N4O. The predicted molar refractivity (Wildman–Crippen MR) is 96.7 cm³/mol. The lowest BCUT2D eigenvalue weighted by atomic mass is 10.1. The van der Waals surface area contributed by atoms with Gasteiger partial charge in [0.1, 0.15) is 11.6 Å². The van der Waals surface area contributed by atoms with Crippen LogP contribution in [-0.2, 0) is 0 Å². The number of likely N-dealkylation sites (tertiary alicyclic amines) is 1. The normalized spacial score (nSPS) is 19.7. The molecule has 2 aliphatic rings. The van der Waals surface area contributed by atoms with E-state index >= 15 is 0 Å². The molecule has 1 fully saturated rings. The van der Waals surface area contributed by atoms with Crippen LogP contribution in [0.5, 0.6) is 0 Å². The summed E-state index contributed by atoms with van der Waals surface area (Å²) in [5.74, 6) is -0.708. The van der Waals surface area contributed by atoms with Crippen molar-refractivity contribution in [3.05, 3.63) is 54.1 Å². The standard InChI is InChI=1S/C19H20F2N4O/c20-13-1-4-16(5-2-13)24-9-10-25(17-6-3-14(21)11-18(17)24)19(26)23-8-7-15(22)12-23/h1-6,11,15H,7-10,12,22H2/t15-/m0/s1. The summed E-state index contributed by atoms with van der Waals surface area (Å²) in [6, 6.07) is 10.3. The van der Waals surface area contributed by atoms with Gasteiger partial charge in [-0.25, -0.2) is 13.6 Å². The summed E-state index contributed by atoms with van der Waals surface area (Å²) in [6.07, 6.45) is 0.789. The van der Waals surface area contributed by atoms with E-state index in [1.807, 2.05) is 4.90 Å². The molecule has 0 radical (unpaired) electrons. The van der Waals surface area contributed by atoms with Crippen LogP contribution in [0.2, 0.25) is 0 Å². The summed E-state index contributed by atoms with van der Waals surface area (Å²) in [5, 5.41) is 0. The highest BCUT2D eigenvalue weighted by molar-refractivity contribution is 5.98. The first kappa shape index (κ1) is 16.8. The molecule has 2 amide bonds. The van der Waals surface area contributed by atoms with Crippen LogP contribution in [0.25, 0.3) is 0 Å². The maximum atomic E-state index is 13.9. The topological polar surface area (TPSA) is 52.8 Å². The van der Waals surface area contributed by atoms with Crippen LogP contribution in [0.1, 0.15) is 6.42 Å². The maximum Gasteiger partial charge on any atom is 0.324 e. The monoisotopic (exact) mass is 358 g/mol. The van der Waals surface area contributed by atoms with Gasteiger partial charge in [0.05, 0.1) is 11.4 Å². The Morgan fingerprint density at radius 2 is 1.69 bits per heavy atom. The Balaban J connectivity index is 1.68. The van der Waals surface area contributed by atoms with Crippen molar-refractivity contribution >= 4 is 23.1 Å². The number of fused-ring (bicyclic) bond motifs is 1. The molecule has 2 aliphatic heterocycles. The summed E-state index contributed by atoms with van der Waals surface area (Å²) < 4.78 is 27.2. The van der Waals surface area contributed by atoms with E-state index in [1.54, 1.807) is 28.0 Å². The van der Waals surface area contributed by atoms with Crippen molar-refractivity contribution in [2.45, 2.75) is 12.5 Å². The number of nitrogens with zero attached hydrogens (tertiary/aromatic N) is 3. The zero-order chi connectivity index (χ0) is 18.3. The maximum absolute atomic E-state index is 13.9. The number of carbonyl (C=O) groups excluding carboxylic acids is 1. The zero-order valence-electron chi connectivity index (χ0n) is 14.2. The van der Waals surface area contributed by atoms with Crippen molar-refractivity contribution in [3.63, 3.8) is 0 Å². The molecule has 0 unspecified atom stereocenters. The smallest absolute Gasteiger partial charge is 0.324 e. The summed E-state index contributed by atoms with van der Waals surface area (Å²) in [4.78, 5) is 18.2. The van der Waals surface area contributed by atoms with Crippen molar-refractivity contribution in [2.75, 3.05) is 36.0 Å². The molecule has 1 saturated heterocycles. The highest BCUT2D eigenvalue weighted by Gasteiger charge is 2.33. The highest BCUT2D eigenvalue weighted by Crippen LogP contribution is 2.38. The summed E-state index contributed by atoms with van der Waals surface area (Å²) in [6.45, 7) is 2.12. The second-order valence-electron chi connectivity index (χ2n) is 6.69. The van der Waals surface area contributed by atoms with Gasteiger partial charge in [0.15, 0.2) is 0 Å². The molecule has 1 atom stereocenters. The Bertz CT molecular complexity index is 827. The number of benzene rings is 2. The molecule has 2 aromatic carbocycles. The van der Waals surface area contributed by atoms with Gasteiger partial charge in [-0.3, -0.25) is 4.90 Å². The Morgan fingerprint density at radius 1 is 0.962 bits per heavy atom. The Labute approximate surface area is 150 Å². The van der Waals surface area contributed by atoms with Gasteiger partial charge in [-0.15, -0.1) is 0 Å². The number of carbonyl (C=O) groups is 1. The first-order chi connectivity index (χ1) is 12.5. The molecule has 0 aromatic heterocycles. The number of halogens is 2. The Hall–Kier alpha value is -2.67. The van der Waals surface area contributed by atoms with Crippen LogP contribution in [0.15, 0.2) is 42.5 Å². The molecule has 0 spiro atoms. The first-order valence-electron chi connectivity index (χ1n) is 8.67. The third-order valence-corrected chi connectivity index (χ3v) is 4.93. The van der Waals surface area contributed by atoms with Crippen molar-refractivity contribution in [1.82, 2.24) is 4.90 Å². The van der Waals surface area contributed by atoms with Crippen LogP contribution in [-0.4, -0.2) is 43.2 Å². The molecule has 2 N–H and O–H groups in total. The van der Waals surface area contributed by atoms with Crippen molar-refractivity contribution in [1.29, 1.82) is 0 Å². The summed E-state index contributed by atoms with van der Waals surface area (Å²) >= 11 is 0. The van der Waals surface area contributed by atoms with Gasteiger partial charge in [-0.2, -0.15) is 0 Å². The average molecular weight is 358 g/mol. The van der Waals surface area contributed by atoms with Gasteiger partial charge in [0.25, 0.3) is 0 Å². The lowest BCUT2D eigenvalue weighted by molar-refractivity contribution is 0.215. The predicted octanol–water partition coefficient (Wildman–Crippen LogP) is 3.08. The van der Waals surface area contributed by atoms with Crippen molar-refractivity contribution in [2.24, 2.45) is 5.73 Å². The fraction of sp³-hybridized carbons (Fsp3) is 0.316. The minimum Gasteiger partial charge on any atom is -0.338 e. The zero-order valence-corrected chi connectivity index (χ0v) is 14.2. The summed E-state index contributed by atoms with van der Waals surface area (Å²) in [7, 11) is 0. The van der Waals surface area contributed by atoms with Crippen LogP contribution >= 0.6 is 0 Å². The van der Waals surface area contributed by atoms with E-state index in [4.69, 9.17) is 5.73 Å². The highest BCUT2D eigenvalue weighted by atomic mass is 19.1. The number of hydrogen-bond acceptors (Lipinski definition) is 3. The third-order valence-electron chi connectivity index (χ3n) is 4.93. The van der Waals surface area contributed by atoms with Crippen LogP contribution < -0.4 is 15.5 Å². The summed E-state index contributed by atoms with van der Waals surface area (Å²) in [5.41, 5.74) is 7.92. The average Bonchev–Trinajstić information content (AvgIpc) is 3.07. The number of anilines is 3. The van der Waals surface area contributed by atoms with Gasteiger partial charge in [0, 0.05) is 37.9 Å². The molecule has 4 rings (SSSR count). The molecule has 0 bridgehead atoms. The lowest BCUT2D eigenvalue weighted by Gasteiger charge is -2.39. The largest absolute Gasteiger partial charge is 0.338 e. The first-order valence-corrected chi connectivity index (χ1v) is 8.67. The van der Waals surface area contributed by atoms with Crippen LogP contribution in [0.3, 0.4) is 0 Å². The number of amides is 2. The molecule has 26 heavy (non-hydrogen) atoms. The SMILES string of the molecule is N[C@H]1CCN(C(=O)N2CCN(c3ccc(F)cc3)c3cc(F)ccc32)C1. The van der Waals surface area contributed by atoms with Crippen LogP contribution in [0, 0.1) is 11.6 Å². The molecule has 0 saturated carbocycles. The molecular weight excluding hydrogens is 338 g/mol. The van der Waals surface area contributed by atoms with Gasteiger partial charge in [-0.05, 0) is 48.9 Å². The van der Waals surface area contributed by atoms with Gasteiger partial charge in [0.2, 0.25) is 0 Å². The van der Waals surface area contributed by atoms with E-state index in [2.05, 4.69) is 0 Å². The Morgan fingerprint density at radius 3 is 2.38 bits per heavy atom.